The highest BCUT2D eigenvalue weighted by Crippen LogP contribution is 2.22. The van der Waals surface area contributed by atoms with Crippen molar-refractivity contribution in [2.24, 2.45) is 4.99 Å². The Labute approximate surface area is 154 Å². The van der Waals surface area contributed by atoms with Crippen LogP contribution in [0.3, 0.4) is 0 Å². The summed E-state index contributed by atoms with van der Waals surface area (Å²) in [6.45, 7) is 7.67. The minimum Gasteiger partial charge on any atom is -0.357 e. The van der Waals surface area contributed by atoms with Gasteiger partial charge < -0.3 is 10.6 Å². The number of nitrogens with one attached hydrogen (secondary N) is 2. The van der Waals surface area contributed by atoms with E-state index in [-0.39, 0.29) is 0 Å². The van der Waals surface area contributed by atoms with Crippen LogP contribution in [-0.4, -0.2) is 45.3 Å². The molecule has 0 bridgehead atoms. The molecule has 6 heteroatoms. The first-order valence-electron chi connectivity index (χ1n) is 9.46. The van der Waals surface area contributed by atoms with Gasteiger partial charge in [0.05, 0.1) is 0 Å². The van der Waals surface area contributed by atoms with Crippen molar-refractivity contribution in [1.29, 1.82) is 0 Å². The van der Waals surface area contributed by atoms with Gasteiger partial charge in [-0.1, -0.05) is 19.4 Å². The molecular weight excluding hydrogens is 332 g/mol. The summed E-state index contributed by atoms with van der Waals surface area (Å²) >= 11 is 0. The lowest BCUT2D eigenvalue weighted by molar-refractivity contribution is 0.413. The van der Waals surface area contributed by atoms with E-state index in [9.17, 15) is 4.21 Å². The molecule has 2 N–H and O–H groups in total. The monoisotopic (exact) mass is 364 g/mol. The van der Waals surface area contributed by atoms with Crippen LogP contribution in [0.5, 0.6) is 0 Å². The van der Waals surface area contributed by atoms with E-state index in [1.54, 1.807) is 0 Å². The Morgan fingerprint density at radius 3 is 2.88 bits per heavy atom. The van der Waals surface area contributed by atoms with Crippen LogP contribution in [0.25, 0.3) is 0 Å². The zero-order chi connectivity index (χ0) is 18.1. The second-order valence-electron chi connectivity index (χ2n) is 6.62. The number of aromatic nitrogens is 1. The summed E-state index contributed by atoms with van der Waals surface area (Å²) < 4.78 is 12.1. The fourth-order valence-electron chi connectivity index (χ4n) is 3.21. The lowest BCUT2D eigenvalue weighted by Crippen LogP contribution is -2.46. The number of nitrogens with zero attached hydrogens (tertiary/aromatic N) is 2. The molecule has 0 aliphatic heterocycles. The van der Waals surface area contributed by atoms with E-state index in [1.165, 1.54) is 5.56 Å². The summed E-state index contributed by atoms with van der Waals surface area (Å²) in [5, 5.41) is 7.21. The Bertz CT molecular complexity index is 573. The van der Waals surface area contributed by atoms with Crippen molar-refractivity contribution < 1.29 is 4.21 Å². The van der Waals surface area contributed by atoms with Crippen LogP contribution in [-0.2, 0) is 17.2 Å². The topological polar surface area (TPSA) is 66.4 Å². The number of hydrogen-bond donors (Lipinski definition) is 2. The number of pyridine rings is 1. The van der Waals surface area contributed by atoms with Crippen molar-refractivity contribution in [3.05, 3.63) is 29.6 Å². The molecular formula is C19H32N4OS. The maximum atomic E-state index is 12.1. The molecule has 1 aromatic rings. The Hall–Kier alpha value is -1.43. The molecule has 0 radical (unpaired) electrons. The van der Waals surface area contributed by atoms with E-state index in [0.29, 0.717) is 11.3 Å². The first-order valence-corrected chi connectivity index (χ1v) is 10.8. The predicted octanol–water partition coefficient (Wildman–Crippen LogP) is 2.57. The first kappa shape index (κ1) is 19.9. The van der Waals surface area contributed by atoms with Crippen molar-refractivity contribution in [1.82, 2.24) is 15.6 Å². The van der Waals surface area contributed by atoms with Crippen molar-refractivity contribution >= 4 is 16.8 Å². The third-order valence-electron chi connectivity index (χ3n) is 4.61. The zero-order valence-electron chi connectivity index (χ0n) is 15.8. The number of aliphatic imine (C=N–C) groups is 1. The summed E-state index contributed by atoms with van der Waals surface area (Å²) in [6.07, 6.45) is 7.15. The van der Waals surface area contributed by atoms with Crippen molar-refractivity contribution in [3.63, 3.8) is 0 Å². The quantitative estimate of drug-likeness (QED) is 0.576. The lowest BCUT2D eigenvalue weighted by Gasteiger charge is -2.30. The second kappa shape index (κ2) is 10.5. The van der Waals surface area contributed by atoms with Gasteiger partial charge in [0.2, 0.25) is 0 Å². The zero-order valence-corrected chi connectivity index (χ0v) is 16.6. The molecule has 3 atom stereocenters. The fourth-order valence-corrected chi connectivity index (χ4v) is 4.55. The van der Waals surface area contributed by atoms with Gasteiger partial charge in [-0.05, 0) is 51.2 Å². The van der Waals surface area contributed by atoms with Gasteiger partial charge >= 0.3 is 0 Å². The van der Waals surface area contributed by atoms with Gasteiger partial charge in [0, 0.05) is 52.8 Å². The molecule has 1 saturated carbocycles. The van der Waals surface area contributed by atoms with Gasteiger partial charge in [-0.25, -0.2) is 0 Å². The Balaban J connectivity index is 1.88. The van der Waals surface area contributed by atoms with E-state index in [1.807, 2.05) is 26.1 Å². The first-order chi connectivity index (χ1) is 12.1. The van der Waals surface area contributed by atoms with Gasteiger partial charge in [0.1, 0.15) is 0 Å². The van der Waals surface area contributed by atoms with Gasteiger partial charge in [-0.2, -0.15) is 0 Å². The van der Waals surface area contributed by atoms with Crippen LogP contribution in [0.4, 0.5) is 0 Å². The smallest absolute Gasteiger partial charge is 0.191 e. The molecule has 0 spiro atoms. The molecule has 0 aromatic carbocycles. The molecule has 5 nitrogen and oxygen atoms in total. The molecule has 1 aromatic heterocycles. The molecule has 1 heterocycles. The third kappa shape index (κ3) is 6.77. The number of hydrogen-bond acceptors (Lipinski definition) is 3. The molecule has 1 fully saturated rings. The average molecular weight is 365 g/mol. The highest BCUT2D eigenvalue weighted by atomic mass is 32.2. The minimum atomic E-state index is -0.692. The van der Waals surface area contributed by atoms with E-state index in [2.05, 4.69) is 28.6 Å². The highest BCUT2D eigenvalue weighted by molar-refractivity contribution is 7.85. The molecule has 1 aliphatic rings. The fraction of sp³-hybridized carbons (Fsp3) is 0.684. The van der Waals surface area contributed by atoms with Crippen LogP contribution in [0.1, 0.15) is 50.8 Å². The molecule has 1 aliphatic carbocycles. The lowest BCUT2D eigenvalue weighted by atomic mass is 9.95. The molecule has 3 unspecified atom stereocenters. The van der Waals surface area contributed by atoms with Crippen molar-refractivity contribution in [2.75, 3.05) is 18.8 Å². The van der Waals surface area contributed by atoms with Gasteiger partial charge in [-0.3, -0.25) is 14.2 Å². The summed E-state index contributed by atoms with van der Waals surface area (Å²) in [7, 11) is -0.692. The van der Waals surface area contributed by atoms with Crippen molar-refractivity contribution in [3.8, 4) is 0 Å². The molecule has 0 saturated heterocycles. The SMILES string of the molecule is CCNC(=NCCc1ccc(C)nc1)NC1CCCC(S(=O)CC)C1. The largest absolute Gasteiger partial charge is 0.357 e. The van der Waals surface area contributed by atoms with Gasteiger partial charge in [0.15, 0.2) is 5.96 Å². The normalized spacial score (nSPS) is 22.4. The Kier molecular flexibility index (Phi) is 8.38. The Morgan fingerprint density at radius 2 is 2.20 bits per heavy atom. The van der Waals surface area contributed by atoms with Gasteiger partial charge in [-0.15, -0.1) is 0 Å². The number of guanidine groups is 1. The average Bonchev–Trinajstić information content (AvgIpc) is 2.63. The molecule has 25 heavy (non-hydrogen) atoms. The second-order valence-corrected chi connectivity index (χ2v) is 8.62. The molecule has 140 valence electrons. The summed E-state index contributed by atoms with van der Waals surface area (Å²) in [4.78, 5) is 9.04. The predicted molar refractivity (Wildman–Crippen MR) is 107 cm³/mol. The van der Waals surface area contributed by atoms with Gasteiger partial charge in [0.25, 0.3) is 0 Å². The van der Waals surface area contributed by atoms with Crippen LogP contribution < -0.4 is 10.6 Å². The molecule has 2 rings (SSSR count). The summed E-state index contributed by atoms with van der Waals surface area (Å²) in [6, 6.07) is 4.52. The Morgan fingerprint density at radius 1 is 1.36 bits per heavy atom. The van der Waals surface area contributed by atoms with Crippen LogP contribution in [0.2, 0.25) is 0 Å². The molecule has 0 amide bonds. The van der Waals surface area contributed by atoms with Crippen LogP contribution >= 0.6 is 0 Å². The minimum absolute atomic E-state index is 0.331. The van der Waals surface area contributed by atoms with E-state index in [4.69, 9.17) is 4.99 Å². The standard InChI is InChI=1S/C19H32N4OS/c1-4-20-19(21-12-11-16-10-9-15(3)22-14-16)23-17-7-6-8-18(13-17)25(24)5-2/h9-10,14,17-18H,4-8,11-13H2,1-3H3,(H2,20,21,23). The third-order valence-corrected chi connectivity index (χ3v) is 6.35. The van der Waals surface area contributed by atoms with E-state index < -0.39 is 10.8 Å². The van der Waals surface area contributed by atoms with E-state index >= 15 is 0 Å². The summed E-state index contributed by atoms with van der Waals surface area (Å²) in [5.41, 5.74) is 2.25. The number of aryl methyl sites for hydroxylation is 1. The summed E-state index contributed by atoms with van der Waals surface area (Å²) in [5.74, 6) is 1.63. The highest BCUT2D eigenvalue weighted by Gasteiger charge is 2.25. The van der Waals surface area contributed by atoms with Crippen LogP contribution in [0, 0.1) is 6.92 Å². The van der Waals surface area contributed by atoms with E-state index in [0.717, 1.165) is 62.6 Å². The van der Waals surface area contributed by atoms with Crippen LogP contribution in [0.15, 0.2) is 23.3 Å². The maximum Gasteiger partial charge on any atom is 0.191 e. The maximum absolute atomic E-state index is 12.1. The number of rotatable bonds is 7. The van der Waals surface area contributed by atoms with Crippen molar-refractivity contribution in [2.45, 2.75) is 64.2 Å².